The zero-order valence-corrected chi connectivity index (χ0v) is 13.6. The van der Waals surface area contributed by atoms with Gasteiger partial charge in [0.1, 0.15) is 0 Å². The molecule has 3 nitrogen and oxygen atoms in total. The number of ether oxygens (including phenoxy) is 1. The van der Waals surface area contributed by atoms with Crippen molar-refractivity contribution >= 4 is 5.97 Å². The average Bonchev–Trinajstić information content (AvgIpc) is 3.06. The van der Waals surface area contributed by atoms with Gasteiger partial charge in [-0.25, -0.2) is 8.78 Å². The molecule has 1 aromatic carbocycles. The molecule has 1 aliphatic carbocycles. The van der Waals surface area contributed by atoms with E-state index in [1.54, 1.807) is 6.92 Å². The van der Waals surface area contributed by atoms with Crippen LogP contribution in [0.15, 0.2) is 24.3 Å². The van der Waals surface area contributed by atoms with Crippen molar-refractivity contribution in [3.63, 3.8) is 0 Å². The summed E-state index contributed by atoms with van der Waals surface area (Å²) in [5, 5.41) is 0. The predicted octanol–water partition coefficient (Wildman–Crippen LogP) is 3.66. The number of hydrogen-bond donors (Lipinski definition) is 1. The number of halogens is 2. The molecule has 0 aromatic heterocycles. The predicted molar refractivity (Wildman–Crippen MR) is 85.5 cm³/mol. The molecule has 0 spiro atoms. The Hall–Kier alpha value is -1.49. The second kappa shape index (κ2) is 7.86. The van der Waals surface area contributed by atoms with Crippen molar-refractivity contribution in [3.8, 4) is 0 Å². The van der Waals surface area contributed by atoms with Gasteiger partial charge in [0.15, 0.2) is 6.61 Å². The molecule has 1 saturated carbocycles. The van der Waals surface area contributed by atoms with Crippen molar-refractivity contribution in [2.75, 3.05) is 13.2 Å². The number of carbonyl (C=O) groups is 1. The first-order valence-electron chi connectivity index (χ1n) is 8.24. The van der Waals surface area contributed by atoms with Crippen LogP contribution < -0.4 is 5.73 Å². The molecule has 1 aromatic rings. The van der Waals surface area contributed by atoms with Crippen LogP contribution in [0.4, 0.5) is 8.78 Å². The lowest BCUT2D eigenvalue weighted by molar-refractivity contribution is -0.155. The molecule has 1 aliphatic rings. The highest BCUT2D eigenvalue weighted by Crippen LogP contribution is 2.28. The Bertz CT molecular complexity index is 510. The summed E-state index contributed by atoms with van der Waals surface area (Å²) >= 11 is 0. The van der Waals surface area contributed by atoms with Gasteiger partial charge < -0.3 is 10.5 Å². The number of alkyl halides is 2. The lowest BCUT2D eigenvalue weighted by Crippen LogP contribution is -2.34. The number of rotatable bonds is 7. The van der Waals surface area contributed by atoms with E-state index < -0.39 is 31.0 Å². The molecular weight excluding hydrogens is 300 g/mol. The number of carbonyl (C=O) groups excluding carboxylic acids is 1. The van der Waals surface area contributed by atoms with Gasteiger partial charge >= 0.3 is 5.97 Å². The Morgan fingerprint density at radius 3 is 2.48 bits per heavy atom. The highest BCUT2D eigenvalue weighted by Gasteiger charge is 2.30. The van der Waals surface area contributed by atoms with E-state index in [4.69, 9.17) is 5.73 Å². The van der Waals surface area contributed by atoms with Crippen LogP contribution in [0.1, 0.15) is 49.7 Å². The average molecular weight is 325 g/mol. The molecule has 5 heteroatoms. The van der Waals surface area contributed by atoms with Crippen LogP contribution in [0.25, 0.3) is 0 Å². The maximum atomic E-state index is 13.0. The topological polar surface area (TPSA) is 52.3 Å². The highest BCUT2D eigenvalue weighted by molar-refractivity contribution is 5.77. The minimum atomic E-state index is -3.17. The molecule has 128 valence electrons. The zero-order valence-electron chi connectivity index (χ0n) is 13.6. The summed E-state index contributed by atoms with van der Waals surface area (Å²) in [5.41, 5.74) is 6.96. The van der Waals surface area contributed by atoms with Gasteiger partial charge in [0, 0.05) is 0 Å². The smallest absolute Gasteiger partial charge is 0.313 e. The minimum absolute atomic E-state index is 0.566. The lowest BCUT2D eigenvalue weighted by Gasteiger charge is -2.17. The monoisotopic (exact) mass is 325 g/mol. The fourth-order valence-corrected chi connectivity index (χ4v) is 2.99. The van der Waals surface area contributed by atoms with Crippen LogP contribution in [0.5, 0.6) is 0 Å². The van der Waals surface area contributed by atoms with Crippen molar-refractivity contribution in [2.24, 2.45) is 11.7 Å². The maximum absolute atomic E-state index is 13.0. The van der Waals surface area contributed by atoms with Gasteiger partial charge in [-0.05, 0) is 30.4 Å². The van der Waals surface area contributed by atoms with E-state index in [2.05, 4.69) is 4.74 Å². The van der Waals surface area contributed by atoms with Gasteiger partial charge in [0.25, 0.3) is 5.92 Å². The maximum Gasteiger partial charge on any atom is 0.313 e. The summed E-state index contributed by atoms with van der Waals surface area (Å²) in [6.45, 7) is -0.133. The molecule has 2 N–H and O–H groups in total. The van der Waals surface area contributed by atoms with Crippen LogP contribution in [0, 0.1) is 5.92 Å². The summed E-state index contributed by atoms with van der Waals surface area (Å²) < 4.78 is 30.7. The number of esters is 1. The molecule has 0 aliphatic heterocycles. The van der Waals surface area contributed by atoms with E-state index in [0.29, 0.717) is 0 Å². The fraction of sp³-hybridized carbons (Fsp3) is 0.611. The van der Waals surface area contributed by atoms with Gasteiger partial charge in [0.2, 0.25) is 0 Å². The number of benzene rings is 1. The van der Waals surface area contributed by atoms with Crippen LogP contribution in [0.3, 0.4) is 0 Å². The molecule has 0 saturated heterocycles. The molecule has 23 heavy (non-hydrogen) atoms. The summed E-state index contributed by atoms with van der Waals surface area (Å²) in [4.78, 5) is 11.9. The van der Waals surface area contributed by atoms with E-state index in [-0.39, 0.29) is 0 Å². The molecule has 1 unspecified atom stereocenters. The van der Waals surface area contributed by atoms with Gasteiger partial charge in [-0.3, -0.25) is 4.79 Å². The van der Waals surface area contributed by atoms with Crippen LogP contribution in [-0.2, 0) is 16.0 Å². The molecule has 0 radical (unpaired) electrons. The first-order chi connectivity index (χ1) is 10.9. The normalized spacial score (nSPS) is 17.2. The standard InChI is InChI=1S/C18H25F2NO2/c1-13(17(22)23-12-18(19,20)11-21)16-8-6-15(7-9-16)10-14-4-2-3-5-14/h6-9,13-14H,2-5,10-12,21H2,1H3. The highest BCUT2D eigenvalue weighted by atomic mass is 19.3. The second-order valence-corrected chi connectivity index (χ2v) is 6.49. The lowest BCUT2D eigenvalue weighted by atomic mass is 9.95. The van der Waals surface area contributed by atoms with Crippen LogP contribution >= 0.6 is 0 Å². The summed E-state index contributed by atoms with van der Waals surface area (Å²) in [7, 11) is 0. The number of nitrogens with two attached hydrogens (primary N) is 1. The van der Waals surface area contributed by atoms with Gasteiger partial charge in [-0.15, -0.1) is 0 Å². The largest absolute Gasteiger partial charge is 0.459 e. The third-order valence-electron chi connectivity index (χ3n) is 4.56. The Morgan fingerprint density at radius 1 is 1.30 bits per heavy atom. The second-order valence-electron chi connectivity index (χ2n) is 6.49. The van der Waals surface area contributed by atoms with E-state index >= 15 is 0 Å². The Morgan fingerprint density at radius 2 is 1.91 bits per heavy atom. The molecule has 0 bridgehead atoms. The summed E-state index contributed by atoms with van der Waals surface area (Å²) in [6, 6.07) is 7.81. The molecule has 0 heterocycles. The van der Waals surface area contributed by atoms with Gasteiger partial charge in [-0.1, -0.05) is 49.9 Å². The molecule has 1 atom stereocenters. The SMILES string of the molecule is CC(C(=O)OCC(F)(F)CN)c1ccc(CC2CCCC2)cc1. The van der Waals surface area contributed by atoms with E-state index in [1.165, 1.54) is 31.2 Å². The Kier molecular flexibility index (Phi) is 6.10. The van der Waals surface area contributed by atoms with E-state index in [0.717, 1.165) is 17.9 Å². The quantitative estimate of drug-likeness (QED) is 0.778. The molecular formula is C18H25F2NO2. The van der Waals surface area contributed by atoms with Gasteiger partial charge in [-0.2, -0.15) is 0 Å². The van der Waals surface area contributed by atoms with Crippen LogP contribution in [0.2, 0.25) is 0 Å². The summed E-state index contributed by atoms with van der Waals surface area (Å²) in [5.74, 6) is -3.62. The van der Waals surface area contributed by atoms with Crippen molar-refractivity contribution in [3.05, 3.63) is 35.4 Å². The van der Waals surface area contributed by atoms with Crippen molar-refractivity contribution in [2.45, 2.75) is 50.9 Å². The first-order valence-corrected chi connectivity index (χ1v) is 8.24. The summed E-state index contributed by atoms with van der Waals surface area (Å²) in [6.07, 6.45) is 6.29. The van der Waals surface area contributed by atoms with Gasteiger partial charge in [0.05, 0.1) is 12.5 Å². The Balaban J connectivity index is 1.88. The van der Waals surface area contributed by atoms with E-state index in [9.17, 15) is 13.6 Å². The van der Waals surface area contributed by atoms with Crippen molar-refractivity contribution in [1.29, 1.82) is 0 Å². The fourth-order valence-electron chi connectivity index (χ4n) is 2.99. The first kappa shape index (κ1) is 17.9. The Labute approximate surface area is 136 Å². The molecule has 2 rings (SSSR count). The van der Waals surface area contributed by atoms with Crippen LogP contribution in [-0.4, -0.2) is 25.0 Å². The third kappa shape index (κ3) is 5.27. The third-order valence-corrected chi connectivity index (χ3v) is 4.56. The van der Waals surface area contributed by atoms with E-state index in [1.807, 2.05) is 24.3 Å². The minimum Gasteiger partial charge on any atom is -0.459 e. The number of hydrogen-bond acceptors (Lipinski definition) is 3. The van der Waals surface area contributed by atoms with Crippen molar-refractivity contribution in [1.82, 2.24) is 0 Å². The zero-order chi connectivity index (χ0) is 16.9. The van der Waals surface area contributed by atoms with Crippen molar-refractivity contribution < 1.29 is 18.3 Å². The molecule has 1 fully saturated rings. The molecule has 0 amide bonds.